The number of alkyl carbamates (subject to hydrolysis) is 1. The van der Waals surface area contributed by atoms with E-state index in [-0.39, 0.29) is 25.0 Å². The fourth-order valence-corrected chi connectivity index (χ4v) is 7.44. The maximum Gasteiger partial charge on any atom is 0.408 e. The van der Waals surface area contributed by atoms with Crippen molar-refractivity contribution in [2.24, 2.45) is 17.3 Å². The Morgan fingerprint density at radius 1 is 1.02 bits per heavy atom. The molecule has 10 nitrogen and oxygen atoms in total. The van der Waals surface area contributed by atoms with Crippen molar-refractivity contribution in [2.45, 2.75) is 97.1 Å². The number of carboxylic acid groups (broad SMARTS) is 1. The number of fused-ring (bicyclic) bond motifs is 5. The number of pyridine rings is 1. The molecule has 0 radical (unpaired) electrons. The van der Waals surface area contributed by atoms with Crippen molar-refractivity contribution in [3.63, 3.8) is 0 Å². The molecule has 2 amide bonds. The number of nitrogens with zero attached hydrogens (tertiary/aromatic N) is 2. The summed E-state index contributed by atoms with van der Waals surface area (Å²) in [5, 5.41) is 13.9. The van der Waals surface area contributed by atoms with Gasteiger partial charge in [0.1, 0.15) is 36.6 Å². The van der Waals surface area contributed by atoms with Crippen LogP contribution in [-0.2, 0) is 27.4 Å². The number of benzene rings is 2. The van der Waals surface area contributed by atoms with Crippen LogP contribution in [0, 0.1) is 17.3 Å². The van der Waals surface area contributed by atoms with Crippen LogP contribution in [0.3, 0.4) is 0 Å². The fourth-order valence-electron chi connectivity index (χ4n) is 7.44. The van der Waals surface area contributed by atoms with Crippen LogP contribution in [0.5, 0.6) is 11.6 Å². The van der Waals surface area contributed by atoms with Gasteiger partial charge in [0.15, 0.2) is 0 Å². The summed E-state index contributed by atoms with van der Waals surface area (Å²) >= 11 is 0. The van der Waals surface area contributed by atoms with Gasteiger partial charge in [0.05, 0.1) is 17.6 Å². The van der Waals surface area contributed by atoms with Crippen molar-refractivity contribution < 1.29 is 33.7 Å². The Morgan fingerprint density at radius 2 is 1.78 bits per heavy atom. The van der Waals surface area contributed by atoms with Crippen LogP contribution in [0.15, 0.2) is 66.7 Å². The van der Waals surface area contributed by atoms with Crippen molar-refractivity contribution in [2.75, 3.05) is 6.54 Å². The molecular weight excluding hydrogens is 622 g/mol. The van der Waals surface area contributed by atoms with Crippen LogP contribution in [0.25, 0.3) is 10.9 Å². The Kier molecular flexibility index (Phi) is 10.1. The Balaban J connectivity index is 1.41. The first-order valence-electron chi connectivity index (χ1n) is 17.4. The van der Waals surface area contributed by atoms with Gasteiger partial charge < -0.3 is 29.5 Å². The number of hydrogen-bond donors (Lipinski definition) is 2. The van der Waals surface area contributed by atoms with Gasteiger partial charge in [0, 0.05) is 11.8 Å². The first kappa shape index (κ1) is 34.3. The van der Waals surface area contributed by atoms with Crippen LogP contribution >= 0.6 is 0 Å². The lowest BCUT2D eigenvalue weighted by atomic mass is 9.85. The van der Waals surface area contributed by atoms with Crippen molar-refractivity contribution >= 4 is 28.9 Å². The van der Waals surface area contributed by atoms with Gasteiger partial charge in [0.25, 0.3) is 0 Å². The molecule has 49 heavy (non-hydrogen) atoms. The van der Waals surface area contributed by atoms with Gasteiger partial charge in [0.2, 0.25) is 11.8 Å². The number of para-hydroxylation sites is 1. The van der Waals surface area contributed by atoms with Gasteiger partial charge in [-0.25, -0.2) is 14.6 Å². The molecule has 3 aliphatic rings. The van der Waals surface area contributed by atoms with E-state index in [0.717, 1.165) is 42.2 Å². The molecule has 1 unspecified atom stereocenters. The number of carboxylic acids is 1. The van der Waals surface area contributed by atoms with Gasteiger partial charge in [-0.2, -0.15) is 0 Å². The van der Waals surface area contributed by atoms with Gasteiger partial charge in [-0.1, -0.05) is 82.3 Å². The van der Waals surface area contributed by atoms with Gasteiger partial charge in [-0.05, 0) is 67.1 Å². The second kappa shape index (κ2) is 14.5. The quantitative estimate of drug-likeness (QED) is 0.294. The first-order valence-corrected chi connectivity index (χ1v) is 17.4. The lowest BCUT2D eigenvalue weighted by Crippen LogP contribution is -2.57. The van der Waals surface area contributed by atoms with Gasteiger partial charge >= 0.3 is 12.1 Å². The second-order valence-electron chi connectivity index (χ2n) is 14.7. The van der Waals surface area contributed by atoms with Gasteiger partial charge in [-0.15, -0.1) is 0 Å². The predicted octanol–water partition coefficient (Wildman–Crippen LogP) is 6.69. The standard InChI is InChI=1S/C39H47N3O7/c1-24-19-20-32-27(24)15-9-6-10-17-29-33(47-23-25-13-7-5-8-14-25)28-16-11-12-18-30(28)40-35(29)48-26-21-31(37(44)45)42(22-26)36(43)34(39(2,3)4)41-38(46)49-32/h5-8,10-14,16,18,24,26-27,31-32,34H,9,15,17,19-23H2,1-4H3,(H,41,46)(H,44,45)/t24?,26-,27+,31+,32-,34-/m1/s1. The maximum atomic E-state index is 14.2. The minimum absolute atomic E-state index is 0.0192. The summed E-state index contributed by atoms with van der Waals surface area (Å²) in [5.74, 6) is -0.0314. The van der Waals surface area contributed by atoms with Crippen molar-refractivity contribution in [3.05, 3.63) is 77.9 Å². The number of aliphatic carboxylic acids is 1. The average molecular weight is 670 g/mol. The monoisotopic (exact) mass is 669 g/mol. The van der Waals surface area contributed by atoms with E-state index in [0.29, 0.717) is 36.1 Å². The molecule has 3 heterocycles. The zero-order chi connectivity index (χ0) is 34.7. The van der Waals surface area contributed by atoms with Crippen LogP contribution in [0.1, 0.15) is 70.9 Å². The molecule has 2 aliphatic heterocycles. The van der Waals surface area contributed by atoms with Crippen molar-refractivity contribution in [1.29, 1.82) is 0 Å². The fraction of sp³-hybridized carbons (Fsp3) is 0.487. The third-order valence-electron chi connectivity index (χ3n) is 10.1. The van der Waals surface area contributed by atoms with E-state index in [1.807, 2.05) is 75.4 Å². The molecule has 6 atom stereocenters. The first-order chi connectivity index (χ1) is 23.5. The number of carbonyl (C=O) groups excluding carboxylic acids is 2. The highest BCUT2D eigenvalue weighted by Crippen LogP contribution is 2.39. The maximum absolute atomic E-state index is 14.2. The number of ether oxygens (including phenoxy) is 3. The van der Waals surface area contributed by atoms with Crippen LogP contribution in [-0.4, -0.2) is 63.8 Å². The van der Waals surface area contributed by atoms with E-state index in [4.69, 9.17) is 19.2 Å². The van der Waals surface area contributed by atoms with E-state index >= 15 is 0 Å². The third-order valence-corrected chi connectivity index (χ3v) is 10.1. The lowest BCUT2D eigenvalue weighted by molar-refractivity contribution is -0.150. The third kappa shape index (κ3) is 7.68. The normalized spacial score (nSPS) is 26.5. The van der Waals surface area contributed by atoms with E-state index in [9.17, 15) is 19.5 Å². The summed E-state index contributed by atoms with van der Waals surface area (Å²) in [6.45, 7) is 8.09. The van der Waals surface area contributed by atoms with E-state index in [1.165, 1.54) is 4.90 Å². The smallest absolute Gasteiger partial charge is 0.408 e. The molecule has 2 aromatic carbocycles. The number of hydrogen-bond acceptors (Lipinski definition) is 7. The molecule has 2 fully saturated rings. The van der Waals surface area contributed by atoms with Gasteiger partial charge in [-0.3, -0.25) is 4.79 Å². The Morgan fingerprint density at radius 3 is 2.53 bits per heavy atom. The number of nitrogens with one attached hydrogen (secondary N) is 1. The Hall–Kier alpha value is -4.60. The van der Waals surface area contributed by atoms with Crippen LogP contribution in [0.2, 0.25) is 0 Å². The number of amides is 2. The average Bonchev–Trinajstić information content (AvgIpc) is 3.65. The molecule has 1 saturated heterocycles. The molecule has 2 bridgehead atoms. The number of carbonyl (C=O) groups is 3. The molecule has 1 aromatic heterocycles. The Labute approximate surface area is 287 Å². The van der Waals surface area contributed by atoms with Crippen LogP contribution < -0.4 is 14.8 Å². The number of allylic oxidation sites excluding steroid dienone is 2. The van der Waals surface area contributed by atoms with Crippen LogP contribution in [0.4, 0.5) is 4.79 Å². The molecule has 3 aromatic rings. The minimum Gasteiger partial charge on any atom is -0.488 e. The largest absolute Gasteiger partial charge is 0.488 e. The highest BCUT2D eigenvalue weighted by Gasteiger charge is 2.47. The topological polar surface area (TPSA) is 127 Å². The predicted molar refractivity (Wildman–Crippen MR) is 185 cm³/mol. The Bertz CT molecular complexity index is 1700. The zero-order valence-corrected chi connectivity index (χ0v) is 28.8. The number of rotatable bonds is 4. The van der Waals surface area contributed by atoms with E-state index in [1.54, 1.807) is 0 Å². The summed E-state index contributed by atoms with van der Waals surface area (Å²) in [6, 6.07) is 15.5. The van der Waals surface area contributed by atoms with Crippen molar-refractivity contribution in [3.8, 4) is 11.6 Å². The molecule has 6 rings (SSSR count). The summed E-state index contributed by atoms with van der Waals surface area (Å²) in [6.07, 6.45) is 6.58. The van der Waals surface area contributed by atoms with E-state index in [2.05, 4.69) is 24.4 Å². The molecule has 260 valence electrons. The molecule has 10 heteroatoms. The molecule has 1 aliphatic carbocycles. The molecule has 2 N–H and O–H groups in total. The second-order valence-corrected chi connectivity index (χ2v) is 14.7. The highest BCUT2D eigenvalue weighted by molar-refractivity contribution is 5.91. The lowest BCUT2D eigenvalue weighted by Gasteiger charge is -2.35. The molecule has 1 saturated carbocycles. The number of aromatic nitrogens is 1. The summed E-state index contributed by atoms with van der Waals surface area (Å²) in [7, 11) is 0. The summed E-state index contributed by atoms with van der Waals surface area (Å²) < 4.78 is 19.1. The van der Waals surface area contributed by atoms with E-state index < -0.39 is 41.6 Å². The summed E-state index contributed by atoms with van der Waals surface area (Å²) in [5.41, 5.74) is 1.75. The SMILES string of the molecule is CC1CC[C@H]2OC(=O)N[C@@H](C(C)(C)C)C(=O)N3C[C@@H](C[C@H]3C(=O)O)Oc3nc4ccccc4c(OCc4ccccc4)c3CC=CCC[C@@H]12. The van der Waals surface area contributed by atoms with Crippen molar-refractivity contribution in [1.82, 2.24) is 15.2 Å². The minimum atomic E-state index is -1.14. The summed E-state index contributed by atoms with van der Waals surface area (Å²) in [4.78, 5) is 46.3. The molecule has 0 spiro atoms. The molecular formula is C39H47N3O7. The highest BCUT2D eigenvalue weighted by atomic mass is 16.6. The zero-order valence-electron chi connectivity index (χ0n) is 28.8.